The highest BCUT2D eigenvalue weighted by Gasteiger charge is 2.20. The van der Waals surface area contributed by atoms with Crippen molar-refractivity contribution in [3.63, 3.8) is 0 Å². The van der Waals surface area contributed by atoms with E-state index < -0.39 is 18.5 Å². The zero-order valence-electron chi connectivity index (χ0n) is 15.3. The second-order valence-electron chi connectivity index (χ2n) is 5.89. The van der Waals surface area contributed by atoms with Gasteiger partial charge in [-0.15, -0.1) is 0 Å². The smallest absolute Gasteiger partial charge is 0.338 e. The first-order chi connectivity index (χ1) is 13.6. The zero-order chi connectivity index (χ0) is 19.9. The van der Waals surface area contributed by atoms with E-state index in [1.165, 1.54) is 12.1 Å². The van der Waals surface area contributed by atoms with Gasteiger partial charge in [-0.2, -0.15) is 0 Å². The van der Waals surface area contributed by atoms with E-state index in [4.69, 9.17) is 30.5 Å². The number of benzene rings is 2. The van der Waals surface area contributed by atoms with E-state index in [-0.39, 0.29) is 10.6 Å². The van der Waals surface area contributed by atoms with Crippen LogP contribution >= 0.6 is 11.6 Å². The van der Waals surface area contributed by atoms with Crippen molar-refractivity contribution in [3.8, 4) is 17.2 Å². The van der Waals surface area contributed by atoms with Crippen molar-refractivity contribution >= 4 is 29.2 Å². The molecule has 2 aromatic rings. The van der Waals surface area contributed by atoms with Crippen LogP contribution in [0.25, 0.3) is 0 Å². The van der Waals surface area contributed by atoms with Crippen LogP contribution in [0.4, 0.5) is 5.69 Å². The maximum absolute atomic E-state index is 12.3. The monoisotopic (exact) mass is 405 g/mol. The Labute approximate surface area is 167 Å². The molecule has 0 fully saturated rings. The molecule has 0 radical (unpaired) electrons. The number of amides is 1. The average Bonchev–Trinajstić information content (AvgIpc) is 2.94. The number of carbonyl (C=O) groups excluding carboxylic acids is 2. The van der Waals surface area contributed by atoms with E-state index in [9.17, 15) is 9.59 Å². The molecule has 1 amide bonds. The van der Waals surface area contributed by atoms with Gasteiger partial charge >= 0.3 is 5.97 Å². The zero-order valence-corrected chi connectivity index (χ0v) is 16.1. The maximum Gasteiger partial charge on any atom is 0.338 e. The number of carbonyl (C=O) groups is 2. The first kappa shape index (κ1) is 19.8. The summed E-state index contributed by atoms with van der Waals surface area (Å²) in [4.78, 5) is 24.4. The molecule has 8 heteroatoms. The summed E-state index contributed by atoms with van der Waals surface area (Å²) in [6, 6.07) is 9.94. The summed E-state index contributed by atoms with van der Waals surface area (Å²) >= 11 is 6.18. The van der Waals surface area contributed by atoms with Crippen LogP contribution in [0.3, 0.4) is 0 Å². The summed E-state index contributed by atoms with van der Waals surface area (Å²) in [6.07, 6.45) is 0.716. The summed E-state index contributed by atoms with van der Waals surface area (Å²) in [5.41, 5.74) is 0.681. The van der Waals surface area contributed by atoms with Crippen molar-refractivity contribution in [1.82, 2.24) is 0 Å². The molecule has 0 aliphatic carbocycles. The molecule has 0 saturated heterocycles. The Balaban J connectivity index is 1.62. The topological polar surface area (TPSA) is 83.1 Å². The third-order valence-corrected chi connectivity index (χ3v) is 4.11. The third-order valence-electron chi connectivity index (χ3n) is 3.83. The molecular formula is C20H20ClNO6. The Kier molecular flexibility index (Phi) is 6.60. The molecule has 0 atom stereocenters. The minimum absolute atomic E-state index is 0.178. The van der Waals surface area contributed by atoms with Crippen LogP contribution in [0.5, 0.6) is 17.2 Å². The lowest BCUT2D eigenvalue weighted by atomic mass is 10.2. The van der Waals surface area contributed by atoms with E-state index in [1.807, 2.05) is 6.92 Å². The molecule has 2 aromatic carbocycles. The summed E-state index contributed by atoms with van der Waals surface area (Å²) < 4.78 is 21.6. The fourth-order valence-corrected chi connectivity index (χ4v) is 2.87. The quantitative estimate of drug-likeness (QED) is 0.738. The third kappa shape index (κ3) is 4.86. The lowest BCUT2D eigenvalue weighted by Crippen LogP contribution is -2.21. The van der Waals surface area contributed by atoms with Crippen molar-refractivity contribution in [1.29, 1.82) is 0 Å². The molecule has 0 aromatic heterocycles. The van der Waals surface area contributed by atoms with Crippen LogP contribution in [-0.2, 0) is 9.53 Å². The normalized spacial score (nSPS) is 12.6. The number of esters is 1. The van der Waals surface area contributed by atoms with Crippen molar-refractivity contribution in [2.75, 3.05) is 31.7 Å². The molecule has 0 unspecified atom stereocenters. The van der Waals surface area contributed by atoms with Gasteiger partial charge in [-0.3, -0.25) is 4.79 Å². The standard InChI is InChI=1S/C20H20ClNO6/c1-2-25-16-7-4-3-6-15(16)22-18(23)12-28-20(24)13-10-14(21)19-17(11-13)26-8-5-9-27-19/h3-4,6-7,10-11H,2,5,8-9,12H2,1H3,(H,22,23). The fourth-order valence-electron chi connectivity index (χ4n) is 2.60. The van der Waals surface area contributed by atoms with Crippen LogP contribution < -0.4 is 19.5 Å². The molecule has 1 aliphatic rings. The van der Waals surface area contributed by atoms with Gasteiger partial charge in [0.15, 0.2) is 18.1 Å². The lowest BCUT2D eigenvalue weighted by Gasteiger charge is -2.12. The molecule has 148 valence electrons. The average molecular weight is 406 g/mol. The number of rotatable bonds is 6. The van der Waals surface area contributed by atoms with Gasteiger partial charge < -0.3 is 24.3 Å². The molecule has 3 rings (SSSR count). The van der Waals surface area contributed by atoms with Gasteiger partial charge in [0.05, 0.1) is 36.1 Å². The van der Waals surface area contributed by atoms with E-state index in [1.54, 1.807) is 24.3 Å². The highest BCUT2D eigenvalue weighted by molar-refractivity contribution is 6.32. The van der Waals surface area contributed by atoms with Gasteiger partial charge in [-0.05, 0) is 31.2 Å². The van der Waals surface area contributed by atoms with E-state index in [0.29, 0.717) is 49.2 Å². The number of fused-ring (bicyclic) bond motifs is 1. The number of hydrogen-bond donors (Lipinski definition) is 1. The number of nitrogens with one attached hydrogen (secondary N) is 1. The van der Waals surface area contributed by atoms with Gasteiger partial charge in [0.1, 0.15) is 5.75 Å². The molecular weight excluding hydrogens is 386 g/mol. The van der Waals surface area contributed by atoms with E-state index in [2.05, 4.69) is 5.32 Å². The minimum Gasteiger partial charge on any atom is -0.492 e. The summed E-state index contributed by atoms with van der Waals surface area (Å²) in [6.45, 7) is 2.81. The van der Waals surface area contributed by atoms with Crippen molar-refractivity contribution in [3.05, 3.63) is 47.0 Å². The number of hydrogen-bond acceptors (Lipinski definition) is 6. The predicted molar refractivity (Wildman–Crippen MR) is 104 cm³/mol. The van der Waals surface area contributed by atoms with Gasteiger partial charge in [0.2, 0.25) is 0 Å². The highest BCUT2D eigenvalue weighted by atomic mass is 35.5. The van der Waals surface area contributed by atoms with Crippen LogP contribution in [0, 0.1) is 0 Å². The van der Waals surface area contributed by atoms with Gasteiger partial charge in [0.25, 0.3) is 5.91 Å². The van der Waals surface area contributed by atoms with Gasteiger partial charge in [-0.1, -0.05) is 23.7 Å². The van der Waals surface area contributed by atoms with Crippen LogP contribution in [0.1, 0.15) is 23.7 Å². The van der Waals surface area contributed by atoms with Crippen LogP contribution in [0.15, 0.2) is 36.4 Å². The van der Waals surface area contributed by atoms with Gasteiger partial charge in [0, 0.05) is 6.42 Å². The van der Waals surface area contributed by atoms with E-state index in [0.717, 1.165) is 0 Å². The van der Waals surface area contributed by atoms with E-state index >= 15 is 0 Å². The minimum atomic E-state index is -0.689. The van der Waals surface area contributed by atoms with Crippen molar-refractivity contribution < 1.29 is 28.5 Å². The second-order valence-corrected chi connectivity index (χ2v) is 6.30. The molecule has 1 N–H and O–H groups in total. The van der Waals surface area contributed by atoms with Gasteiger partial charge in [-0.25, -0.2) is 4.79 Å². The molecule has 1 aliphatic heterocycles. The molecule has 28 heavy (non-hydrogen) atoms. The highest BCUT2D eigenvalue weighted by Crippen LogP contribution is 2.38. The van der Waals surface area contributed by atoms with Crippen LogP contribution in [0.2, 0.25) is 5.02 Å². The Bertz CT molecular complexity index is 870. The Morgan fingerprint density at radius 3 is 2.79 bits per heavy atom. The Morgan fingerprint density at radius 2 is 1.96 bits per heavy atom. The Hall–Kier alpha value is -2.93. The number of anilines is 1. The van der Waals surface area contributed by atoms with Crippen molar-refractivity contribution in [2.45, 2.75) is 13.3 Å². The summed E-state index contributed by atoms with van der Waals surface area (Å²) in [5, 5.41) is 2.91. The first-order valence-electron chi connectivity index (χ1n) is 8.86. The Morgan fingerprint density at radius 1 is 1.18 bits per heavy atom. The molecule has 0 bridgehead atoms. The number of halogens is 1. The second kappa shape index (κ2) is 9.32. The summed E-state index contributed by atoms with van der Waals surface area (Å²) in [7, 11) is 0. The molecule has 0 spiro atoms. The number of ether oxygens (including phenoxy) is 4. The SMILES string of the molecule is CCOc1ccccc1NC(=O)COC(=O)c1cc(Cl)c2c(c1)OCCCO2. The van der Waals surface area contributed by atoms with Crippen LogP contribution in [-0.4, -0.2) is 38.3 Å². The molecule has 0 saturated carbocycles. The maximum atomic E-state index is 12.3. The molecule has 7 nitrogen and oxygen atoms in total. The largest absolute Gasteiger partial charge is 0.492 e. The predicted octanol–water partition coefficient (Wildman–Crippen LogP) is 3.70. The lowest BCUT2D eigenvalue weighted by molar-refractivity contribution is -0.119. The fraction of sp³-hybridized carbons (Fsp3) is 0.300. The van der Waals surface area contributed by atoms with Crippen molar-refractivity contribution in [2.24, 2.45) is 0 Å². The summed E-state index contributed by atoms with van der Waals surface area (Å²) in [5.74, 6) is 0.152. The first-order valence-corrected chi connectivity index (χ1v) is 9.24. The number of para-hydroxylation sites is 2. The molecule has 1 heterocycles.